The minimum atomic E-state index is -0.766. The van der Waals surface area contributed by atoms with Crippen molar-refractivity contribution in [2.24, 2.45) is 5.73 Å². The van der Waals surface area contributed by atoms with E-state index in [-0.39, 0.29) is 19.1 Å². The highest BCUT2D eigenvalue weighted by Gasteiger charge is 2.16. The van der Waals surface area contributed by atoms with Crippen LogP contribution in [0.1, 0.15) is 23.7 Å². The summed E-state index contributed by atoms with van der Waals surface area (Å²) in [6.07, 6.45) is 1.93. The van der Waals surface area contributed by atoms with Crippen molar-refractivity contribution >= 4 is 28.5 Å². The molecular weight excluding hydrogens is 486 g/mol. The molecule has 0 saturated carbocycles. The predicted molar refractivity (Wildman–Crippen MR) is 144 cm³/mol. The molecule has 3 aromatic carbocycles. The molecule has 1 atom stereocenters. The molecule has 4 aromatic rings. The van der Waals surface area contributed by atoms with Crippen LogP contribution in [0, 0.1) is 0 Å². The van der Waals surface area contributed by atoms with Gasteiger partial charge in [0.25, 0.3) is 5.91 Å². The summed E-state index contributed by atoms with van der Waals surface area (Å²) in [4.78, 5) is 28.5. The lowest BCUT2D eigenvalue weighted by Crippen LogP contribution is -2.33. The molecule has 0 aliphatic carbocycles. The van der Waals surface area contributed by atoms with E-state index in [9.17, 15) is 9.59 Å². The molecule has 1 unspecified atom stereocenters. The summed E-state index contributed by atoms with van der Waals surface area (Å²) in [5.41, 5.74) is 7.71. The average molecular weight is 516 g/mol. The fourth-order valence-electron chi connectivity index (χ4n) is 3.68. The van der Waals surface area contributed by atoms with Gasteiger partial charge >= 0.3 is 5.97 Å². The maximum Gasteiger partial charge on any atom is 0.323 e. The van der Waals surface area contributed by atoms with Gasteiger partial charge in [0.2, 0.25) is 0 Å². The Kier molecular flexibility index (Phi) is 8.73. The van der Waals surface area contributed by atoms with E-state index < -0.39 is 12.0 Å². The van der Waals surface area contributed by atoms with Gasteiger partial charge in [-0.3, -0.25) is 14.6 Å². The molecule has 0 bridgehead atoms. The number of anilines is 1. The van der Waals surface area contributed by atoms with Crippen LogP contribution in [-0.4, -0.2) is 43.2 Å². The first-order valence-corrected chi connectivity index (χ1v) is 12.1. The van der Waals surface area contributed by atoms with Crippen molar-refractivity contribution in [2.75, 3.05) is 25.6 Å². The van der Waals surface area contributed by atoms with Gasteiger partial charge in [0.1, 0.15) is 17.5 Å². The van der Waals surface area contributed by atoms with E-state index in [2.05, 4.69) is 10.3 Å². The van der Waals surface area contributed by atoms with Crippen molar-refractivity contribution in [3.8, 4) is 23.0 Å². The molecule has 0 fully saturated rings. The number of nitrogens with two attached hydrogens (primary N) is 1. The number of aromatic nitrogens is 1. The van der Waals surface area contributed by atoms with Crippen molar-refractivity contribution < 1.29 is 28.5 Å². The summed E-state index contributed by atoms with van der Waals surface area (Å²) in [5, 5.41) is 3.59. The summed E-state index contributed by atoms with van der Waals surface area (Å²) in [5.74, 6) is 1.47. The topological polar surface area (TPSA) is 122 Å². The predicted octanol–water partition coefficient (Wildman–Crippen LogP) is 4.95. The zero-order valence-electron chi connectivity index (χ0n) is 21.2. The molecule has 4 rings (SSSR count). The molecule has 3 N–H and O–H groups in total. The fraction of sp³-hybridized carbons (Fsp3) is 0.207. The van der Waals surface area contributed by atoms with Gasteiger partial charge in [0, 0.05) is 35.3 Å². The monoisotopic (exact) mass is 515 g/mol. The Morgan fingerprint density at radius 1 is 0.974 bits per heavy atom. The number of esters is 1. The average Bonchev–Trinajstić information content (AvgIpc) is 2.94. The molecule has 1 heterocycles. The Hall–Kier alpha value is -4.63. The molecule has 9 heteroatoms. The van der Waals surface area contributed by atoms with Crippen molar-refractivity contribution in [1.82, 2.24) is 4.98 Å². The number of hydrogen-bond donors (Lipinski definition) is 2. The van der Waals surface area contributed by atoms with Gasteiger partial charge in [0.15, 0.2) is 11.5 Å². The number of carbonyl (C=O) groups excluding carboxylic acids is 2. The molecule has 1 amide bonds. The summed E-state index contributed by atoms with van der Waals surface area (Å²) in [7, 11) is 1.54. The maximum atomic E-state index is 12.4. The van der Waals surface area contributed by atoms with Crippen molar-refractivity contribution in [3.63, 3.8) is 0 Å². The van der Waals surface area contributed by atoms with E-state index in [0.29, 0.717) is 46.2 Å². The number of amides is 1. The van der Waals surface area contributed by atoms with Gasteiger partial charge in [0.05, 0.1) is 25.8 Å². The second kappa shape index (κ2) is 12.6. The normalized spacial score (nSPS) is 11.4. The maximum absolute atomic E-state index is 12.4. The molecule has 0 spiro atoms. The molecule has 0 radical (unpaired) electrons. The number of methoxy groups -OCH3 is 1. The lowest BCUT2D eigenvalue weighted by Gasteiger charge is -2.15. The lowest BCUT2D eigenvalue weighted by atomic mass is 10.1. The number of carbonyl (C=O) groups is 2. The van der Waals surface area contributed by atoms with Crippen LogP contribution in [0.4, 0.5) is 5.69 Å². The highest BCUT2D eigenvalue weighted by molar-refractivity contribution is 6.04. The number of nitrogens with one attached hydrogen (secondary N) is 1. The summed E-state index contributed by atoms with van der Waals surface area (Å²) < 4.78 is 22.4. The minimum Gasteiger partial charge on any atom is -0.493 e. The largest absolute Gasteiger partial charge is 0.493 e. The molecular formula is C29H29N3O6. The third-order valence-electron chi connectivity index (χ3n) is 5.64. The zero-order chi connectivity index (χ0) is 26.9. The highest BCUT2D eigenvalue weighted by atomic mass is 16.5. The van der Waals surface area contributed by atoms with E-state index in [1.165, 1.54) is 7.11 Å². The number of hydrogen-bond acceptors (Lipinski definition) is 8. The van der Waals surface area contributed by atoms with Crippen LogP contribution in [-0.2, 0) is 9.53 Å². The number of pyridine rings is 1. The Bertz CT molecular complexity index is 1390. The Morgan fingerprint density at radius 3 is 2.45 bits per heavy atom. The minimum absolute atomic E-state index is 0.188. The molecule has 38 heavy (non-hydrogen) atoms. The second-order valence-electron chi connectivity index (χ2n) is 8.27. The van der Waals surface area contributed by atoms with Crippen molar-refractivity contribution in [3.05, 3.63) is 84.6 Å². The zero-order valence-corrected chi connectivity index (χ0v) is 21.2. The Balaban J connectivity index is 1.45. The van der Waals surface area contributed by atoms with Gasteiger partial charge < -0.3 is 30.0 Å². The first-order chi connectivity index (χ1) is 18.5. The van der Waals surface area contributed by atoms with Crippen molar-refractivity contribution in [1.29, 1.82) is 0 Å². The van der Waals surface area contributed by atoms with Crippen LogP contribution < -0.4 is 25.3 Å². The molecule has 0 aliphatic rings. The van der Waals surface area contributed by atoms with Crippen LogP contribution in [0.15, 0.2) is 79.0 Å². The smallest absolute Gasteiger partial charge is 0.323 e. The lowest BCUT2D eigenvalue weighted by molar-refractivity contribution is -0.145. The third kappa shape index (κ3) is 6.57. The molecule has 196 valence electrons. The Labute approximate surface area is 220 Å². The first-order valence-electron chi connectivity index (χ1n) is 12.1. The van der Waals surface area contributed by atoms with Gasteiger partial charge in [-0.05, 0) is 55.5 Å². The molecule has 1 aromatic heterocycles. The quantitative estimate of drug-likeness (QED) is 0.269. The summed E-state index contributed by atoms with van der Waals surface area (Å²) >= 11 is 0. The second-order valence-corrected chi connectivity index (χ2v) is 8.27. The van der Waals surface area contributed by atoms with Crippen molar-refractivity contribution in [2.45, 2.75) is 19.4 Å². The van der Waals surface area contributed by atoms with E-state index in [1.54, 1.807) is 67.7 Å². The van der Waals surface area contributed by atoms with E-state index in [0.717, 1.165) is 5.39 Å². The fourth-order valence-corrected chi connectivity index (χ4v) is 3.68. The molecule has 0 aliphatic heterocycles. The van der Waals surface area contributed by atoms with Crippen LogP contribution >= 0.6 is 0 Å². The third-order valence-corrected chi connectivity index (χ3v) is 5.64. The number of rotatable bonds is 11. The number of fused-ring (bicyclic) bond motifs is 1. The van der Waals surface area contributed by atoms with Gasteiger partial charge in [-0.25, -0.2) is 0 Å². The SMILES string of the molecule is CCOC(=O)C(N)CCOc1cc2nccc(Oc3ccc(NC(=O)c4ccccc4)cc3)c2cc1OC. The van der Waals surface area contributed by atoms with Crippen LogP contribution in [0.3, 0.4) is 0 Å². The van der Waals surface area contributed by atoms with E-state index in [4.69, 9.17) is 24.7 Å². The molecule has 9 nitrogen and oxygen atoms in total. The standard InChI is InChI=1S/C29H29N3O6/c1-3-36-29(34)23(30)14-16-37-27-18-24-22(17-26(27)35-2)25(13-15-31-24)38-21-11-9-20(10-12-21)32-28(33)19-7-5-4-6-8-19/h4-13,15,17-18,23H,3,14,16,30H2,1-2H3,(H,32,33). The number of benzene rings is 3. The van der Waals surface area contributed by atoms with Gasteiger partial charge in [-0.15, -0.1) is 0 Å². The van der Waals surface area contributed by atoms with E-state index in [1.807, 2.05) is 18.2 Å². The summed E-state index contributed by atoms with van der Waals surface area (Å²) in [6, 6.07) is 20.6. The Morgan fingerprint density at radius 2 is 1.74 bits per heavy atom. The first kappa shape index (κ1) is 26.4. The van der Waals surface area contributed by atoms with Crippen LogP contribution in [0.2, 0.25) is 0 Å². The summed E-state index contributed by atoms with van der Waals surface area (Å²) in [6.45, 7) is 2.20. The number of ether oxygens (including phenoxy) is 4. The van der Waals surface area contributed by atoms with Gasteiger partial charge in [-0.2, -0.15) is 0 Å². The van der Waals surface area contributed by atoms with E-state index >= 15 is 0 Å². The van der Waals surface area contributed by atoms with Gasteiger partial charge in [-0.1, -0.05) is 18.2 Å². The highest BCUT2D eigenvalue weighted by Crippen LogP contribution is 2.37. The van der Waals surface area contributed by atoms with Crippen LogP contribution in [0.5, 0.6) is 23.0 Å². The van der Waals surface area contributed by atoms with Crippen LogP contribution in [0.25, 0.3) is 10.9 Å². The number of nitrogens with zero attached hydrogens (tertiary/aromatic N) is 1. The molecule has 0 saturated heterocycles.